The van der Waals surface area contributed by atoms with E-state index in [0.29, 0.717) is 41.2 Å². The molecule has 1 aliphatic rings. The van der Waals surface area contributed by atoms with Crippen molar-refractivity contribution in [2.45, 2.75) is 26.4 Å². The molecule has 1 unspecified atom stereocenters. The molecule has 5 rings (SSSR count). The molecule has 2 heterocycles. The molecule has 0 bridgehead atoms. The molecule has 0 radical (unpaired) electrons. The van der Waals surface area contributed by atoms with Gasteiger partial charge < -0.3 is 18.8 Å². The normalized spacial score (nSPS) is 14.9. The Morgan fingerprint density at radius 2 is 1.63 bits per heavy atom. The molecule has 7 heteroatoms. The van der Waals surface area contributed by atoms with Gasteiger partial charge in [-0.25, -0.2) is 4.39 Å². The van der Waals surface area contributed by atoms with Crippen molar-refractivity contribution >= 4 is 16.9 Å². The zero-order chi connectivity index (χ0) is 24.5. The summed E-state index contributed by atoms with van der Waals surface area (Å²) in [4.78, 5) is 28.8. The average molecular weight is 474 g/mol. The maximum absolute atomic E-state index is 13.6. The second-order valence-electron chi connectivity index (χ2n) is 8.20. The van der Waals surface area contributed by atoms with Gasteiger partial charge in [0.25, 0.3) is 5.91 Å². The molecule has 1 aliphatic heterocycles. The smallest absolute Gasteiger partial charge is 0.291 e. The van der Waals surface area contributed by atoms with Gasteiger partial charge in [-0.1, -0.05) is 30.3 Å². The summed E-state index contributed by atoms with van der Waals surface area (Å²) in [7, 11) is 0. The summed E-state index contributed by atoms with van der Waals surface area (Å²) in [6.07, 6.45) is 0. The molecule has 0 aliphatic carbocycles. The first-order chi connectivity index (χ1) is 17.0. The standard InChI is InChI=1S/C28H24FNO5/c1-3-33-22-14-11-18(15-23(22)34-4-2)25-24-26(31)20-7-5-6-8-21(20)35-27(24)28(32)30(25)16-17-9-12-19(29)13-10-17/h5-15,25H,3-4,16H2,1-2H3. The maximum Gasteiger partial charge on any atom is 0.291 e. The highest BCUT2D eigenvalue weighted by Crippen LogP contribution is 2.41. The molecule has 6 nitrogen and oxygen atoms in total. The summed E-state index contributed by atoms with van der Waals surface area (Å²) in [6, 6.07) is 17.5. The summed E-state index contributed by atoms with van der Waals surface area (Å²) < 4.78 is 31.0. The molecule has 1 amide bonds. The Bertz CT molecular complexity index is 1460. The summed E-state index contributed by atoms with van der Waals surface area (Å²) in [6.45, 7) is 4.82. The van der Waals surface area contributed by atoms with Crippen molar-refractivity contribution in [3.63, 3.8) is 0 Å². The van der Waals surface area contributed by atoms with Crippen LogP contribution in [-0.2, 0) is 6.54 Å². The molecule has 0 fully saturated rings. The predicted octanol–water partition coefficient (Wildman–Crippen LogP) is 5.47. The molecule has 0 saturated carbocycles. The Hall–Kier alpha value is -4.13. The van der Waals surface area contributed by atoms with Crippen LogP contribution in [0.25, 0.3) is 11.0 Å². The van der Waals surface area contributed by atoms with Crippen LogP contribution in [0.4, 0.5) is 4.39 Å². The third kappa shape index (κ3) is 4.03. The Morgan fingerprint density at radius 3 is 2.37 bits per heavy atom. The number of benzene rings is 3. The molecule has 1 aromatic heterocycles. The van der Waals surface area contributed by atoms with E-state index in [1.807, 2.05) is 19.9 Å². The van der Waals surface area contributed by atoms with E-state index in [1.54, 1.807) is 53.4 Å². The van der Waals surface area contributed by atoms with Gasteiger partial charge >= 0.3 is 0 Å². The summed E-state index contributed by atoms with van der Waals surface area (Å²) in [5, 5.41) is 0.406. The Balaban J connectivity index is 1.69. The van der Waals surface area contributed by atoms with Crippen molar-refractivity contribution in [3.05, 3.63) is 105 Å². The topological polar surface area (TPSA) is 69.0 Å². The molecule has 1 atom stereocenters. The number of amides is 1. The second kappa shape index (κ2) is 9.25. The zero-order valence-electron chi connectivity index (χ0n) is 19.4. The van der Waals surface area contributed by atoms with E-state index >= 15 is 0 Å². The van der Waals surface area contributed by atoms with Crippen LogP contribution in [-0.4, -0.2) is 24.0 Å². The highest BCUT2D eigenvalue weighted by Gasteiger charge is 2.43. The summed E-state index contributed by atoms with van der Waals surface area (Å²) >= 11 is 0. The first-order valence-electron chi connectivity index (χ1n) is 11.5. The van der Waals surface area contributed by atoms with Crippen LogP contribution in [0.3, 0.4) is 0 Å². The molecule has 0 saturated heterocycles. The van der Waals surface area contributed by atoms with Crippen molar-refractivity contribution in [3.8, 4) is 11.5 Å². The highest BCUT2D eigenvalue weighted by atomic mass is 19.1. The fourth-order valence-corrected chi connectivity index (χ4v) is 4.50. The van der Waals surface area contributed by atoms with E-state index < -0.39 is 11.9 Å². The number of rotatable bonds is 7. The average Bonchev–Trinajstić information content (AvgIpc) is 3.14. The third-order valence-electron chi connectivity index (χ3n) is 6.02. The number of halogens is 1. The van der Waals surface area contributed by atoms with Crippen LogP contribution < -0.4 is 14.9 Å². The Morgan fingerprint density at radius 1 is 0.914 bits per heavy atom. The van der Waals surface area contributed by atoms with Gasteiger partial charge in [0.05, 0.1) is 30.2 Å². The third-order valence-corrected chi connectivity index (χ3v) is 6.02. The highest BCUT2D eigenvalue weighted by molar-refractivity contribution is 5.99. The number of hydrogen-bond donors (Lipinski definition) is 0. The SMILES string of the molecule is CCOc1ccc(C2c3c(oc4ccccc4c3=O)C(=O)N2Cc2ccc(F)cc2)cc1OCC. The van der Waals surface area contributed by atoms with Crippen molar-refractivity contribution < 1.29 is 23.1 Å². The monoisotopic (exact) mass is 473 g/mol. The van der Waals surface area contributed by atoms with Gasteiger partial charge in [-0.2, -0.15) is 0 Å². The summed E-state index contributed by atoms with van der Waals surface area (Å²) in [5.74, 6) is 0.368. The molecule has 0 N–H and O–H groups in total. The van der Waals surface area contributed by atoms with Crippen LogP contribution >= 0.6 is 0 Å². The fourth-order valence-electron chi connectivity index (χ4n) is 4.50. The molecular weight excluding hydrogens is 449 g/mol. The van der Waals surface area contributed by atoms with E-state index in [4.69, 9.17) is 13.9 Å². The second-order valence-corrected chi connectivity index (χ2v) is 8.20. The first kappa shape index (κ1) is 22.7. The van der Waals surface area contributed by atoms with Gasteiger partial charge in [0, 0.05) is 6.54 Å². The molecule has 35 heavy (non-hydrogen) atoms. The molecule has 3 aromatic carbocycles. The van der Waals surface area contributed by atoms with E-state index in [2.05, 4.69) is 0 Å². The maximum atomic E-state index is 13.6. The number of ether oxygens (including phenoxy) is 2. The van der Waals surface area contributed by atoms with Gasteiger partial charge in [-0.05, 0) is 61.4 Å². The molecule has 4 aromatic rings. The van der Waals surface area contributed by atoms with Crippen LogP contribution in [0.15, 0.2) is 75.9 Å². The van der Waals surface area contributed by atoms with E-state index in [0.717, 1.165) is 5.56 Å². The minimum absolute atomic E-state index is 0.0210. The summed E-state index contributed by atoms with van der Waals surface area (Å²) in [5.41, 5.74) is 1.80. The van der Waals surface area contributed by atoms with Crippen LogP contribution in [0.2, 0.25) is 0 Å². The largest absolute Gasteiger partial charge is 0.490 e. The van der Waals surface area contributed by atoms with E-state index in [1.165, 1.54) is 12.1 Å². The van der Waals surface area contributed by atoms with Crippen LogP contribution in [0, 0.1) is 5.82 Å². The van der Waals surface area contributed by atoms with Gasteiger partial charge in [0.1, 0.15) is 11.4 Å². The first-order valence-corrected chi connectivity index (χ1v) is 11.5. The lowest BCUT2D eigenvalue weighted by molar-refractivity contribution is 0.0714. The number of carbonyl (C=O) groups is 1. The predicted molar refractivity (Wildman–Crippen MR) is 129 cm³/mol. The molecule has 0 spiro atoms. The quantitative estimate of drug-likeness (QED) is 0.356. The van der Waals surface area contributed by atoms with Crippen LogP contribution in [0.5, 0.6) is 11.5 Å². The molecule has 178 valence electrons. The minimum Gasteiger partial charge on any atom is -0.490 e. The van der Waals surface area contributed by atoms with Crippen molar-refractivity contribution in [1.29, 1.82) is 0 Å². The van der Waals surface area contributed by atoms with Crippen molar-refractivity contribution in [2.75, 3.05) is 13.2 Å². The lowest BCUT2D eigenvalue weighted by Gasteiger charge is -2.26. The van der Waals surface area contributed by atoms with Crippen molar-refractivity contribution in [2.24, 2.45) is 0 Å². The van der Waals surface area contributed by atoms with Gasteiger partial charge in [-0.3, -0.25) is 9.59 Å². The Labute approximate surface area is 201 Å². The van der Waals surface area contributed by atoms with Gasteiger partial charge in [-0.15, -0.1) is 0 Å². The van der Waals surface area contributed by atoms with Gasteiger partial charge in [0.2, 0.25) is 5.76 Å². The number of para-hydroxylation sites is 1. The lowest BCUT2D eigenvalue weighted by Crippen LogP contribution is -2.29. The van der Waals surface area contributed by atoms with Crippen LogP contribution in [0.1, 0.15) is 47.1 Å². The minimum atomic E-state index is -0.710. The zero-order valence-corrected chi connectivity index (χ0v) is 19.4. The van der Waals surface area contributed by atoms with Gasteiger partial charge in [0.15, 0.2) is 16.9 Å². The lowest BCUT2D eigenvalue weighted by atomic mass is 9.97. The number of carbonyl (C=O) groups excluding carboxylic acids is 1. The molecular formula is C28H24FNO5. The number of nitrogens with zero attached hydrogens (tertiary/aromatic N) is 1. The fraction of sp³-hybridized carbons (Fsp3) is 0.214. The van der Waals surface area contributed by atoms with E-state index in [-0.39, 0.29) is 29.1 Å². The number of hydrogen-bond acceptors (Lipinski definition) is 5. The number of fused-ring (bicyclic) bond motifs is 2. The Kier molecular flexibility index (Phi) is 5.99. The van der Waals surface area contributed by atoms with Crippen molar-refractivity contribution in [1.82, 2.24) is 4.90 Å². The van der Waals surface area contributed by atoms with E-state index in [9.17, 15) is 14.0 Å².